The van der Waals surface area contributed by atoms with E-state index in [1.54, 1.807) is 15.9 Å². The number of anilines is 1. The second kappa shape index (κ2) is 8.98. The molecular formula is C18H23F2N3O4. The van der Waals surface area contributed by atoms with E-state index in [9.17, 15) is 18.4 Å². The maximum atomic E-state index is 12.7. The molecule has 2 aliphatic heterocycles. The standard InChI is InChI=1S/C18H23F2N3O4/c19-17(20)27-15-5-1-4-14(11-15)21-18(25)23-6-2-3-13(12-23)16(24)22-7-9-26-10-8-22/h1,4-5,11,13,17H,2-3,6-10,12H2,(H,21,25)/t13-/m0/s1. The number of rotatable bonds is 4. The lowest BCUT2D eigenvalue weighted by atomic mass is 9.96. The number of piperidine rings is 1. The maximum Gasteiger partial charge on any atom is 0.387 e. The number of urea groups is 1. The molecule has 0 spiro atoms. The van der Waals surface area contributed by atoms with E-state index in [0.29, 0.717) is 45.1 Å². The zero-order valence-corrected chi connectivity index (χ0v) is 14.9. The maximum absolute atomic E-state index is 12.7. The van der Waals surface area contributed by atoms with E-state index in [4.69, 9.17) is 4.74 Å². The minimum atomic E-state index is -2.93. The van der Waals surface area contributed by atoms with E-state index in [1.807, 2.05) is 0 Å². The second-order valence-electron chi connectivity index (χ2n) is 6.56. The van der Waals surface area contributed by atoms with Crippen LogP contribution in [-0.2, 0) is 9.53 Å². The highest BCUT2D eigenvalue weighted by Crippen LogP contribution is 2.22. The Balaban J connectivity index is 1.57. The molecule has 3 amide bonds. The number of hydrogen-bond acceptors (Lipinski definition) is 4. The van der Waals surface area contributed by atoms with Gasteiger partial charge in [-0.2, -0.15) is 8.78 Å². The lowest BCUT2D eigenvalue weighted by molar-refractivity contribution is -0.141. The van der Waals surface area contributed by atoms with Gasteiger partial charge in [-0.15, -0.1) is 0 Å². The molecule has 2 fully saturated rings. The average Bonchev–Trinajstić information content (AvgIpc) is 2.68. The van der Waals surface area contributed by atoms with Crippen LogP contribution >= 0.6 is 0 Å². The summed E-state index contributed by atoms with van der Waals surface area (Å²) in [6.45, 7) is 0.210. The van der Waals surface area contributed by atoms with Crippen LogP contribution in [0, 0.1) is 5.92 Å². The number of carbonyl (C=O) groups is 2. The zero-order valence-electron chi connectivity index (χ0n) is 14.9. The summed E-state index contributed by atoms with van der Waals surface area (Å²) < 4.78 is 34.2. The van der Waals surface area contributed by atoms with Gasteiger partial charge in [-0.25, -0.2) is 4.79 Å². The Morgan fingerprint density at radius 3 is 2.70 bits per heavy atom. The van der Waals surface area contributed by atoms with E-state index < -0.39 is 6.61 Å². The van der Waals surface area contributed by atoms with Crippen LogP contribution < -0.4 is 10.1 Å². The molecule has 0 unspecified atom stereocenters. The number of hydrogen-bond donors (Lipinski definition) is 1. The monoisotopic (exact) mass is 383 g/mol. The summed E-state index contributed by atoms with van der Waals surface area (Å²) in [7, 11) is 0. The summed E-state index contributed by atoms with van der Waals surface area (Å²) in [6.07, 6.45) is 1.49. The van der Waals surface area contributed by atoms with Crippen molar-refractivity contribution in [3.05, 3.63) is 24.3 Å². The number of nitrogens with one attached hydrogen (secondary N) is 1. The summed E-state index contributed by atoms with van der Waals surface area (Å²) in [5, 5.41) is 2.68. The van der Waals surface area contributed by atoms with Crippen LogP contribution in [-0.4, -0.2) is 67.7 Å². The highest BCUT2D eigenvalue weighted by molar-refractivity contribution is 5.90. The Labute approximate surface area is 156 Å². The summed E-state index contributed by atoms with van der Waals surface area (Å²) in [5.41, 5.74) is 0.361. The summed E-state index contributed by atoms with van der Waals surface area (Å²) in [4.78, 5) is 28.6. The number of alkyl halides is 2. The van der Waals surface area contributed by atoms with Gasteiger partial charge in [0.15, 0.2) is 0 Å². The molecular weight excluding hydrogens is 360 g/mol. The largest absolute Gasteiger partial charge is 0.435 e. The number of nitrogens with zero attached hydrogens (tertiary/aromatic N) is 2. The molecule has 0 saturated carbocycles. The van der Waals surface area contributed by atoms with Gasteiger partial charge in [0.2, 0.25) is 5.91 Å². The van der Waals surface area contributed by atoms with Crippen LogP contribution in [0.1, 0.15) is 12.8 Å². The molecule has 3 rings (SSSR count). The van der Waals surface area contributed by atoms with Crippen molar-refractivity contribution in [1.29, 1.82) is 0 Å². The molecule has 7 nitrogen and oxygen atoms in total. The van der Waals surface area contributed by atoms with Gasteiger partial charge in [-0.1, -0.05) is 6.07 Å². The molecule has 2 heterocycles. The SMILES string of the molecule is O=C(Nc1cccc(OC(F)F)c1)N1CCC[C@H](C(=O)N2CCOCC2)C1. The fourth-order valence-corrected chi connectivity index (χ4v) is 3.36. The average molecular weight is 383 g/mol. The number of likely N-dealkylation sites (tertiary alicyclic amines) is 1. The van der Waals surface area contributed by atoms with Gasteiger partial charge in [0.05, 0.1) is 19.1 Å². The van der Waals surface area contributed by atoms with Crippen LogP contribution in [0.25, 0.3) is 0 Å². The molecule has 1 atom stereocenters. The third-order valence-corrected chi connectivity index (χ3v) is 4.69. The number of carbonyl (C=O) groups excluding carboxylic acids is 2. The molecule has 27 heavy (non-hydrogen) atoms. The van der Waals surface area contributed by atoms with Gasteiger partial charge in [0, 0.05) is 37.9 Å². The fraction of sp³-hybridized carbons (Fsp3) is 0.556. The van der Waals surface area contributed by atoms with Crippen molar-refractivity contribution in [3.8, 4) is 5.75 Å². The highest BCUT2D eigenvalue weighted by atomic mass is 19.3. The van der Waals surface area contributed by atoms with Crippen molar-refractivity contribution in [2.75, 3.05) is 44.7 Å². The quantitative estimate of drug-likeness (QED) is 0.867. The lowest BCUT2D eigenvalue weighted by Gasteiger charge is -2.36. The van der Waals surface area contributed by atoms with E-state index in [0.717, 1.165) is 12.8 Å². The van der Waals surface area contributed by atoms with Crippen molar-refractivity contribution in [3.63, 3.8) is 0 Å². The minimum Gasteiger partial charge on any atom is -0.435 e. The second-order valence-corrected chi connectivity index (χ2v) is 6.56. The predicted molar refractivity (Wildman–Crippen MR) is 93.8 cm³/mol. The molecule has 0 bridgehead atoms. The van der Waals surface area contributed by atoms with Crippen LogP contribution in [0.4, 0.5) is 19.3 Å². The third-order valence-electron chi connectivity index (χ3n) is 4.69. The molecule has 0 aromatic heterocycles. The van der Waals surface area contributed by atoms with Crippen molar-refractivity contribution in [2.24, 2.45) is 5.92 Å². The molecule has 1 aromatic carbocycles. The molecule has 148 valence electrons. The highest BCUT2D eigenvalue weighted by Gasteiger charge is 2.31. The third kappa shape index (κ3) is 5.29. The first-order valence-electron chi connectivity index (χ1n) is 9.00. The topological polar surface area (TPSA) is 71.1 Å². The van der Waals surface area contributed by atoms with Crippen LogP contribution in [0.15, 0.2) is 24.3 Å². The first-order chi connectivity index (χ1) is 13.0. The van der Waals surface area contributed by atoms with Gasteiger partial charge >= 0.3 is 12.6 Å². The number of benzene rings is 1. The molecule has 1 aromatic rings. The van der Waals surface area contributed by atoms with Crippen molar-refractivity contribution in [1.82, 2.24) is 9.80 Å². The van der Waals surface area contributed by atoms with E-state index >= 15 is 0 Å². The van der Waals surface area contributed by atoms with Crippen molar-refractivity contribution >= 4 is 17.6 Å². The normalized spacial score (nSPS) is 20.5. The predicted octanol–water partition coefficient (Wildman–Crippen LogP) is 2.39. The number of halogens is 2. The fourth-order valence-electron chi connectivity index (χ4n) is 3.36. The molecule has 2 saturated heterocycles. The molecule has 0 aliphatic carbocycles. The Morgan fingerprint density at radius 2 is 1.96 bits per heavy atom. The van der Waals surface area contributed by atoms with Gasteiger partial charge < -0.3 is 24.6 Å². The summed E-state index contributed by atoms with van der Waals surface area (Å²) >= 11 is 0. The number of amides is 3. The van der Waals surface area contributed by atoms with Crippen LogP contribution in [0.2, 0.25) is 0 Å². The smallest absolute Gasteiger partial charge is 0.387 e. The number of morpholine rings is 1. The van der Waals surface area contributed by atoms with Crippen LogP contribution in [0.5, 0.6) is 5.75 Å². The van der Waals surface area contributed by atoms with E-state index in [1.165, 1.54) is 18.2 Å². The van der Waals surface area contributed by atoms with Crippen LogP contribution in [0.3, 0.4) is 0 Å². The van der Waals surface area contributed by atoms with Gasteiger partial charge in [0.25, 0.3) is 0 Å². The Morgan fingerprint density at radius 1 is 1.19 bits per heavy atom. The first-order valence-corrected chi connectivity index (χ1v) is 9.00. The van der Waals surface area contributed by atoms with Gasteiger partial charge in [-0.3, -0.25) is 4.79 Å². The van der Waals surface area contributed by atoms with E-state index in [2.05, 4.69) is 10.1 Å². The molecule has 2 aliphatic rings. The summed E-state index contributed by atoms with van der Waals surface area (Å²) in [5.74, 6) is -0.193. The Hall–Kier alpha value is -2.42. The van der Waals surface area contributed by atoms with E-state index in [-0.39, 0.29) is 23.6 Å². The molecule has 9 heteroatoms. The van der Waals surface area contributed by atoms with Gasteiger partial charge in [0.1, 0.15) is 5.75 Å². The molecule has 0 radical (unpaired) electrons. The van der Waals surface area contributed by atoms with Crippen molar-refractivity contribution < 1.29 is 27.8 Å². The Bertz CT molecular complexity index is 668. The minimum absolute atomic E-state index is 0.0261. The summed E-state index contributed by atoms with van der Waals surface area (Å²) in [6, 6.07) is 5.48. The first kappa shape index (κ1) is 19.3. The Kier molecular flexibility index (Phi) is 6.44. The molecule has 1 N–H and O–H groups in total. The number of ether oxygens (including phenoxy) is 2. The van der Waals surface area contributed by atoms with Gasteiger partial charge in [-0.05, 0) is 25.0 Å². The lowest BCUT2D eigenvalue weighted by Crippen LogP contribution is -2.50. The zero-order chi connectivity index (χ0) is 19.2. The van der Waals surface area contributed by atoms with Crippen molar-refractivity contribution in [2.45, 2.75) is 19.5 Å².